The molecule has 0 spiro atoms. The number of carbonyl (C=O) groups is 2. The molecule has 1 fully saturated rings. The van der Waals surface area contributed by atoms with Crippen LogP contribution in [0.25, 0.3) is 0 Å². The number of aromatic carboxylic acids is 1. The molecule has 0 saturated carbocycles. The Hall–Kier alpha value is -3.60. The highest BCUT2D eigenvalue weighted by Crippen LogP contribution is 2.34. The summed E-state index contributed by atoms with van der Waals surface area (Å²) in [5.74, 6) is -0.953. The first-order valence-electron chi connectivity index (χ1n) is 10.5. The summed E-state index contributed by atoms with van der Waals surface area (Å²) in [6.45, 7) is 5.76. The smallest absolute Gasteiger partial charge is 0.337 e. The highest BCUT2D eigenvalue weighted by molar-refractivity contribution is 6.08. The van der Waals surface area contributed by atoms with Gasteiger partial charge in [-0.05, 0) is 61.7 Å². The third kappa shape index (κ3) is 4.45. The fourth-order valence-corrected chi connectivity index (χ4v) is 4.29. The molecule has 1 unspecified atom stereocenters. The van der Waals surface area contributed by atoms with Crippen molar-refractivity contribution in [1.29, 1.82) is 0 Å². The lowest BCUT2D eigenvalue weighted by Crippen LogP contribution is -2.21. The number of carboxylic acid groups (broad SMARTS) is 1. The third-order valence-corrected chi connectivity index (χ3v) is 5.94. The van der Waals surface area contributed by atoms with Crippen LogP contribution in [0.15, 0.2) is 66.7 Å². The molecule has 3 aromatic rings. The molecule has 0 radical (unpaired) electrons. The Morgan fingerprint density at radius 3 is 2.55 bits per heavy atom. The van der Waals surface area contributed by atoms with E-state index in [1.54, 1.807) is 24.3 Å². The molecule has 1 saturated heterocycles. The van der Waals surface area contributed by atoms with Crippen molar-refractivity contribution in [2.75, 3.05) is 23.3 Å². The first-order chi connectivity index (χ1) is 14.9. The van der Waals surface area contributed by atoms with Gasteiger partial charge in [0.2, 0.25) is 0 Å². The molecular weight excluding hydrogens is 388 g/mol. The van der Waals surface area contributed by atoms with Gasteiger partial charge in [-0.3, -0.25) is 4.79 Å². The second kappa shape index (κ2) is 8.64. The highest BCUT2D eigenvalue weighted by Gasteiger charge is 2.26. The number of anilines is 2. The average Bonchev–Trinajstić information content (AvgIpc) is 3.24. The minimum atomic E-state index is -1.06. The molecule has 158 valence electrons. The van der Waals surface area contributed by atoms with Crippen molar-refractivity contribution >= 4 is 23.3 Å². The maximum absolute atomic E-state index is 12.6. The number of rotatable bonds is 5. The van der Waals surface area contributed by atoms with Crippen LogP contribution in [0.3, 0.4) is 0 Å². The summed E-state index contributed by atoms with van der Waals surface area (Å²) in [7, 11) is 0. The summed E-state index contributed by atoms with van der Waals surface area (Å²) in [6, 6.07) is 20.9. The number of hydrogen-bond donors (Lipinski definition) is 2. The number of amides is 1. The Labute approximate surface area is 182 Å². The summed E-state index contributed by atoms with van der Waals surface area (Å²) >= 11 is 0. The zero-order valence-electron chi connectivity index (χ0n) is 17.8. The van der Waals surface area contributed by atoms with Gasteiger partial charge in [0.15, 0.2) is 0 Å². The number of nitrogens with one attached hydrogen (secondary N) is 1. The van der Waals surface area contributed by atoms with Crippen molar-refractivity contribution in [1.82, 2.24) is 0 Å². The molecule has 5 nitrogen and oxygen atoms in total. The molecule has 1 atom stereocenters. The molecular formula is C26H26N2O3. The van der Waals surface area contributed by atoms with E-state index in [1.807, 2.05) is 25.1 Å². The molecule has 1 aliphatic heterocycles. The van der Waals surface area contributed by atoms with Crippen molar-refractivity contribution in [2.45, 2.75) is 26.2 Å². The Morgan fingerprint density at radius 2 is 1.81 bits per heavy atom. The van der Waals surface area contributed by atoms with Gasteiger partial charge in [0.25, 0.3) is 5.91 Å². The van der Waals surface area contributed by atoms with Gasteiger partial charge in [-0.2, -0.15) is 0 Å². The molecule has 1 aliphatic rings. The number of nitrogens with zero attached hydrogens (tertiary/aromatic N) is 1. The fourth-order valence-electron chi connectivity index (χ4n) is 4.29. The summed E-state index contributed by atoms with van der Waals surface area (Å²) in [4.78, 5) is 26.7. The molecule has 1 amide bonds. The monoisotopic (exact) mass is 414 g/mol. The van der Waals surface area contributed by atoms with Gasteiger partial charge in [0.05, 0.1) is 11.3 Å². The van der Waals surface area contributed by atoms with Crippen LogP contribution in [-0.2, 0) is 0 Å². The molecule has 31 heavy (non-hydrogen) atoms. The van der Waals surface area contributed by atoms with Crippen molar-refractivity contribution < 1.29 is 14.7 Å². The van der Waals surface area contributed by atoms with Crippen molar-refractivity contribution in [3.05, 3.63) is 94.5 Å². The second-order valence-corrected chi connectivity index (χ2v) is 8.15. The Balaban J connectivity index is 1.54. The maximum Gasteiger partial charge on any atom is 0.337 e. The van der Waals surface area contributed by atoms with Crippen LogP contribution >= 0.6 is 0 Å². The quantitative estimate of drug-likeness (QED) is 0.598. The van der Waals surface area contributed by atoms with E-state index in [9.17, 15) is 14.7 Å². The van der Waals surface area contributed by atoms with E-state index in [1.165, 1.54) is 11.1 Å². The van der Waals surface area contributed by atoms with Gasteiger partial charge >= 0.3 is 5.97 Å². The molecule has 3 aromatic carbocycles. The van der Waals surface area contributed by atoms with E-state index in [-0.39, 0.29) is 11.5 Å². The fraction of sp³-hybridized carbons (Fsp3) is 0.231. The number of carbonyl (C=O) groups excluding carboxylic acids is 1. The lowest BCUT2D eigenvalue weighted by Gasteiger charge is -2.21. The van der Waals surface area contributed by atoms with Crippen molar-refractivity contribution in [2.24, 2.45) is 0 Å². The zero-order chi connectivity index (χ0) is 22.0. The van der Waals surface area contributed by atoms with E-state index >= 15 is 0 Å². The lowest BCUT2D eigenvalue weighted by atomic mass is 9.94. The van der Waals surface area contributed by atoms with Gasteiger partial charge in [0.1, 0.15) is 0 Å². The largest absolute Gasteiger partial charge is 0.478 e. The summed E-state index contributed by atoms with van der Waals surface area (Å²) < 4.78 is 0. The summed E-state index contributed by atoms with van der Waals surface area (Å²) in [5.41, 5.74) is 5.37. The first kappa shape index (κ1) is 20.7. The normalized spacial score (nSPS) is 15.7. The van der Waals surface area contributed by atoms with Crippen LogP contribution < -0.4 is 10.2 Å². The van der Waals surface area contributed by atoms with E-state index in [0.717, 1.165) is 30.8 Å². The van der Waals surface area contributed by atoms with Crippen LogP contribution in [0.1, 0.15) is 49.7 Å². The predicted molar refractivity (Wildman–Crippen MR) is 123 cm³/mol. The van der Waals surface area contributed by atoms with E-state index in [2.05, 4.69) is 41.4 Å². The Kier molecular flexibility index (Phi) is 5.76. The molecule has 5 heteroatoms. The Bertz CT molecular complexity index is 1140. The number of carboxylic acids is 1. The van der Waals surface area contributed by atoms with Crippen molar-refractivity contribution in [3.63, 3.8) is 0 Å². The van der Waals surface area contributed by atoms with Gasteiger partial charge < -0.3 is 15.3 Å². The summed E-state index contributed by atoms with van der Waals surface area (Å²) in [5, 5.41) is 12.5. The van der Waals surface area contributed by atoms with Gasteiger partial charge in [-0.1, -0.05) is 42.0 Å². The number of benzene rings is 3. The van der Waals surface area contributed by atoms with Crippen molar-refractivity contribution in [3.8, 4) is 0 Å². The van der Waals surface area contributed by atoms with Gasteiger partial charge in [-0.15, -0.1) is 0 Å². The highest BCUT2D eigenvalue weighted by atomic mass is 16.4. The molecule has 4 rings (SSSR count). The zero-order valence-corrected chi connectivity index (χ0v) is 17.8. The van der Waals surface area contributed by atoms with Crippen LogP contribution in [0.2, 0.25) is 0 Å². The first-order valence-corrected chi connectivity index (χ1v) is 10.5. The van der Waals surface area contributed by atoms with Crippen LogP contribution in [-0.4, -0.2) is 30.1 Å². The van der Waals surface area contributed by atoms with Crippen LogP contribution in [0, 0.1) is 13.8 Å². The average molecular weight is 415 g/mol. The molecule has 2 N–H and O–H groups in total. The second-order valence-electron chi connectivity index (χ2n) is 8.15. The molecule has 0 aromatic heterocycles. The van der Waals surface area contributed by atoms with Crippen LogP contribution in [0.4, 0.5) is 11.4 Å². The number of aryl methyl sites for hydroxylation is 2. The van der Waals surface area contributed by atoms with Gasteiger partial charge in [-0.25, -0.2) is 4.79 Å². The molecule has 1 heterocycles. The minimum Gasteiger partial charge on any atom is -0.478 e. The third-order valence-electron chi connectivity index (χ3n) is 5.94. The van der Waals surface area contributed by atoms with Crippen LogP contribution in [0.5, 0.6) is 0 Å². The topological polar surface area (TPSA) is 69.6 Å². The summed E-state index contributed by atoms with van der Waals surface area (Å²) in [6.07, 6.45) is 1.03. The van der Waals surface area contributed by atoms with E-state index < -0.39 is 5.97 Å². The van der Waals surface area contributed by atoms with E-state index in [0.29, 0.717) is 17.2 Å². The number of hydrogen-bond acceptors (Lipinski definition) is 3. The SMILES string of the molecule is Cc1cccc(C(=O)Nc2ccc(N3CCC(c4ccccc4C)C3)cc2C(=O)O)c1. The minimum absolute atomic E-state index is 0.0952. The Morgan fingerprint density at radius 1 is 1.00 bits per heavy atom. The van der Waals surface area contributed by atoms with E-state index in [4.69, 9.17) is 0 Å². The van der Waals surface area contributed by atoms with Gasteiger partial charge in [0, 0.05) is 30.3 Å². The molecule has 0 bridgehead atoms. The maximum atomic E-state index is 12.6. The standard InChI is InChI=1S/C26H26N2O3/c1-17-6-5-8-19(14-17)25(29)27-24-11-10-21(15-23(24)26(30)31)28-13-12-20(16-28)22-9-4-3-7-18(22)2/h3-11,14-15,20H,12-13,16H2,1-2H3,(H,27,29)(H,30,31). The molecule has 0 aliphatic carbocycles. The predicted octanol–water partition coefficient (Wildman–Crippen LogP) is 5.25. The lowest BCUT2D eigenvalue weighted by molar-refractivity contribution is 0.0698.